The largest absolute Gasteiger partial charge is 0.435 e. The summed E-state index contributed by atoms with van der Waals surface area (Å²) < 4.78 is 40.4. The molecule has 3 aromatic rings. The number of hydrogen-bond donors (Lipinski definition) is 4. The van der Waals surface area contributed by atoms with Crippen LogP contribution in [-0.2, 0) is 12.7 Å². The monoisotopic (exact) mass is 453 g/mol. The molecule has 0 radical (unpaired) electrons. The summed E-state index contributed by atoms with van der Waals surface area (Å²) in [7, 11) is 0. The molecular formula is C18H15ClF3N7O2. The number of anilines is 1. The van der Waals surface area contributed by atoms with Gasteiger partial charge in [-0.05, 0) is 29.8 Å². The van der Waals surface area contributed by atoms with E-state index in [0.717, 1.165) is 0 Å². The van der Waals surface area contributed by atoms with E-state index in [1.54, 1.807) is 0 Å². The number of nitrogens with one attached hydrogen (secondary N) is 2. The number of carbonyl (C=O) groups is 2. The van der Waals surface area contributed by atoms with Crippen molar-refractivity contribution in [1.29, 1.82) is 0 Å². The van der Waals surface area contributed by atoms with Gasteiger partial charge in [0.05, 0.1) is 16.3 Å². The van der Waals surface area contributed by atoms with Gasteiger partial charge in [-0.1, -0.05) is 17.7 Å². The van der Waals surface area contributed by atoms with Crippen LogP contribution >= 0.6 is 11.6 Å². The van der Waals surface area contributed by atoms with Gasteiger partial charge >= 0.3 is 6.18 Å². The van der Waals surface area contributed by atoms with Crippen molar-refractivity contribution in [3.8, 4) is 5.82 Å². The Morgan fingerprint density at radius 2 is 1.90 bits per heavy atom. The molecule has 6 N–H and O–H groups in total. The lowest BCUT2D eigenvalue weighted by atomic mass is 10.1. The van der Waals surface area contributed by atoms with Crippen LogP contribution in [0.25, 0.3) is 5.82 Å². The molecule has 0 spiro atoms. The third kappa shape index (κ3) is 4.66. The Hall–Kier alpha value is -3.48. The summed E-state index contributed by atoms with van der Waals surface area (Å²) in [5, 5.41) is 5.81. The van der Waals surface area contributed by atoms with Crippen LogP contribution in [0.15, 0.2) is 42.6 Å². The highest BCUT2D eigenvalue weighted by molar-refractivity contribution is 6.32. The second-order valence-electron chi connectivity index (χ2n) is 6.14. The molecule has 0 saturated heterocycles. The number of rotatable bonds is 5. The maximum atomic E-state index is 13.2. The number of carbonyl (C=O) groups excluding carboxylic acids is 2. The SMILES string of the molecule is NCc1ccc(NC(=O)c2cc(C(F)(F)F)nn2-c2ncccc2Cl)c(C(=O)NN)c1. The van der Waals surface area contributed by atoms with E-state index in [1.807, 2.05) is 5.43 Å². The Morgan fingerprint density at radius 3 is 2.52 bits per heavy atom. The normalized spacial score (nSPS) is 11.3. The van der Waals surface area contributed by atoms with Gasteiger partial charge in [0.2, 0.25) is 0 Å². The molecular weight excluding hydrogens is 439 g/mol. The highest BCUT2D eigenvalue weighted by Gasteiger charge is 2.36. The second-order valence-corrected chi connectivity index (χ2v) is 6.55. The molecule has 2 heterocycles. The number of hydrogen-bond acceptors (Lipinski definition) is 6. The van der Waals surface area contributed by atoms with E-state index in [9.17, 15) is 22.8 Å². The summed E-state index contributed by atoms with van der Waals surface area (Å²) in [6.07, 6.45) is -3.54. The minimum absolute atomic E-state index is 0.00132. The van der Waals surface area contributed by atoms with Crippen LogP contribution in [0.4, 0.5) is 18.9 Å². The topological polar surface area (TPSA) is 141 Å². The fourth-order valence-electron chi connectivity index (χ4n) is 2.66. The van der Waals surface area contributed by atoms with Gasteiger partial charge in [0.15, 0.2) is 11.5 Å². The average molecular weight is 454 g/mol. The number of amides is 2. The minimum Gasteiger partial charge on any atom is -0.326 e. The Bertz CT molecular complexity index is 1150. The Labute approximate surface area is 178 Å². The number of alkyl halides is 3. The van der Waals surface area contributed by atoms with Crippen LogP contribution in [0.3, 0.4) is 0 Å². The number of nitrogens with two attached hydrogens (primary N) is 2. The predicted molar refractivity (Wildman–Crippen MR) is 105 cm³/mol. The number of halogens is 4. The fourth-order valence-corrected chi connectivity index (χ4v) is 2.86. The molecule has 0 unspecified atom stereocenters. The van der Waals surface area contributed by atoms with E-state index in [-0.39, 0.29) is 28.6 Å². The van der Waals surface area contributed by atoms with Gasteiger partial charge in [0.1, 0.15) is 5.69 Å². The summed E-state index contributed by atoms with van der Waals surface area (Å²) in [5.41, 5.74) is 6.20. The molecule has 31 heavy (non-hydrogen) atoms. The quantitative estimate of drug-likeness (QED) is 0.265. The van der Waals surface area contributed by atoms with Crippen molar-refractivity contribution in [2.24, 2.45) is 11.6 Å². The molecule has 0 fully saturated rings. The first kappa shape index (κ1) is 22.2. The Kier molecular flexibility index (Phi) is 6.24. The van der Waals surface area contributed by atoms with Crippen molar-refractivity contribution in [1.82, 2.24) is 20.2 Å². The summed E-state index contributed by atoms with van der Waals surface area (Å²) in [6, 6.07) is 7.72. The van der Waals surface area contributed by atoms with Crippen molar-refractivity contribution in [3.63, 3.8) is 0 Å². The first-order valence-corrected chi connectivity index (χ1v) is 8.97. The fraction of sp³-hybridized carbons (Fsp3) is 0.111. The maximum absolute atomic E-state index is 13.2. The standard InChI is InChI=1S/C18H15ClF3N7O2/c19-11-2-1-5-25-15(11)29-13(7-14(28-29)18(20,21)22)17(31)26-12-4-3-9(8-23)6-10(12)16(30)27-24/h1-7H,8,23-24H2,(H,26,31)(H,27,30). The van der Waals surface area contributed by atoms with Crippen LogP contribution < -0.4 is 22.3 Å². The summed E-state index contributed by atoms with van der Waals surface area (Å²) in [4.78, 5) is 28.8. The molecule has 1 aromatic carbocycles. The van der Waals surface area contributed by atoms with Crippen LogP contribution in [0.5, 0.6) is 0 Å². The van der Waals surface area contributed by atoms with E-state index in [2.05, 4.69) is 15.4 Å². The smallest absolute Gasteiger partial charge is 0.326 e. The van der Waals surface area contributed by atoms with E-state index in [1.165, 1.54) is 36.5 Å². The van der Waals surface area contributed by atoms with E-state index < -0.39 is 29.4 Å². The van der Waals surface area contributed by atoms with Crippen molar-refractivity contribution >= 4 is 29.1 Å². The molecule has 162 valence electrons. The van der Waals surface area contributed by atoms with Crippen LogP contribution in [-0.4, -0.2) is 26.6 Å². The zero-order valence-electron chi connectivity index (χ0n) is 15.6. The number of hydrazine groups is 1. The van der Waals surface area contributed by atoms with Crippen molar-refractivity contribution in [3.05, 3.63) is 70.1 Å². The van der Waals surface area contributed by atoms with Crippen LogP contribution in [0.1, 0.15) is 32.1 Å². The predicted octanol–water partition coefficient (Wildman–Crippen LogP) is 2.25. The summed E-state index contributed by atoms with van der Waals surface area (Å²) >= 11 is 6.02. The Morgan fingerprint density at radius 1 is 1.16 bits per heavy atom. The van der Waals surface area contributed by atoms with Crippen molar-refractivity contribution in [2.75, 3.05) is 5.32 Å². The third-order valence-electron chi connectivity index (χ3n) is 4.12. The highest BCUT2D eigenvalue weighted by atomic mass is 35.5. The van der Waals surface area contributed by atoms with Crippen LogP contribution in [0.2, 0.25) is 5.02 Å². The van der Waals surface area contributed by atoms with Gasteiger partial charge in [-0.25, -0.2) is 15.5 Å². The molecule has 0 aliphatic carbocycles. The number of aromatic nitrogens is 3. The first-order chi connectivity index (χ1) is 14.7. The lowest BCUT2D eigenvalue weighted by molar-refractivity contribution is -0.141. The second kappa shape index (κ2) is 8.71. The number of benzene rings is 1. The third-order valence-corrected chi connectivity index (χ3v) is 4.41. The van der Waals surface area contributed by atoms with E-state index >= 15 is 0 Å². The van der Waals surface area contributed by atoms with Crippen LogP contribution in [0, 0.1) is 0 Å². The van der Waals surface area contributed by atoms with E-state index in [4.69, 9.17) is 23.2 Å². The molecule has 13 heteroatoms. The number of pyridine rings is 1. The molecule has 9 nitrogen and oxygen atoms in total. The molecule has 2 aromatic heterocycles. The molecule has 0 aliphatic rings. The molecule has 2 amide bonds. The van der Waals surface area contributed by atoms with Crippen molar-refractivity contribution in [2.45, 2.75) is 12.7 Å². The van der Waals surface area contributed by atoms with Gasteiger partial charge in [-0.15, -0.1) is 0 Å². The minimum atomic E-state index is -4.82. The molecule has 0 bridgehead atoms. The zero-order chi connectivity index (χ0) is 22.8. The maximum Gasteiger partial charge on any atom is 0.435 e. The lowest BCUT2D eigenvalue weighted by Gasteiger charge is -2.12. The van der Waals surface area contributed by atoms with Gasteiger partial charge in [-0.2, -0.15) is 18.3 Å². The molecule has 3 rings (SSSR count). The Balaban J connectivity index is 2.07. The van der Waals surface area contributed by atoms with Gasteiger partial charge < -0.3 is 11.1 Å². The summed E-state index contributed by atoms with van der Waals surface area (Å²) in [6.45, 7) is 0.110. The first-order valence-electron chi connectivity index (χ1n) is 8.59. The lowest BCUT2D eigenvalue weighted by Crippen LogP contribution is -2.31. The molecule has 0 atom stereocenters. The number of nitrogen functional groups attached to an aromatic ring is 1. The van der Waals surface area contributed by atoms with Crippen molar-refractivity contribution < 1.29 is 22.8 Å². The number of nitrogens with zero attached hydrogens (tertiary/aromatic N) is 3. The average Bonchev–Trinajstić information content (AvgIpc) is 3.19. The highest BCUT2D eigenvalue weighted by Crippen LogP contribution is 2.31. The zero-order valence-corrected chi connectivity index (χ0v) is 16.3. The molecule has 0 saturated carbocycles. The van der Waals surface area contributed by atoms with E-state index in [0.29, 0.717) is 16.3 Å². The van der Waals surface area contributed by atoms with Gasteiger partial charge in [0, 0.05) is 18.8 Å². The summed E-state index contributed by atoms with van der Waals surface area (Å²) in [5.74, 6) is 3.27. The van der Waals surface area contributed by atoms with Gasteiger partial charge in [-0.3, -0.25) is 15.0 Å². The molecule has 0 aliphatic heterocycles. The van der Waals surface area contributed by atoms with Gasteiger partial charge in [0.25, 0.3) is 11.8 Å².